The van der Waals surface area contributed by atoms with Gasteiger partial charge in [0.1, 0.15) is 0 Å². The first kappa shape index (κ1) is 7.14. The summed E-state index contributed by atoms with van der Waals surface area (Å²) in [6.45, 7) is 3.76. The molecule has 1 saturated carbocycles. The Hall–Kier alpha value is -0.530. The fourth-order valence-corrected chi connectivity index (χ4v) is 2.49. The van der Waals surface area contributed by atoms with Crippen LogP contribution in [0.5, 0.6) is 0 Å². The number of hydrogen-bond acceptors (Lipinski definition) is 1. The van der Waals surface area contributed by atoms with Crippen LogP contribution in [0.25, 0.3) is 0 Å². The minimum atomic E-state index is 0.263. The van der Waals surface area contributed by atoms with Crippen molar-refractivity contribution in [3.63, 3.8) is 0 Å². The number of likely N-dealkylation sites (tertiary alicyclic amines) is 1. The van der Waals surface area contributed by atoms with Crippen molar-refractivity contribution < 1.29 is 4.79 Å². The number of amides is 1. The fraction of sp³-hybridized carbons (Fsp3) is 0.889. The second-order valence-electron chi connectivity index (χ2n) is 3.88. The first-order valence-corrected chi connectivity index (χ1v) is 4.53. The van der Waals surface area contributed by atoms with Crippen LogP contribution >= 0.6 is 0 Å². The fourth-order valence-electron chi connectivity index (χ4n) is 2.49. The number of carbonyl (C=O) groups excluding carboxylic acids is 1. The average Bonchev–Trinajstić information content (AvgIpc) is 2.40. The summed E-state index contributed by atoms with van der Waals surface area (Å²) < 4.78 is 0. The molecule has 2 atom stereocenters. The smallest absolute Gasteiger partial charge is 0.219 e. The van der Waals surface area contributed by atoms with Crippen LogP contribution < -0.4 is 0 Å². The zero-order chi connectivity index (χ0) is 7.84. The van der Waals surface area contributed by atoms with E-state index in [1.165, 1.54) is 19.3 Å². The van der Waals surface area contributed by atoms with Crippen LogP contribution in [0, 0.1) is 11.8 Å². The van der Waals surface area contributed by atoms with Crippen LogP contribution in [0.1, 0.15) is 26.2 Å². The predicted octanol–water partition coefficient (Wildman–Crippen LogP) is 1.26. The molecule has 2 unspecified atom stereocenters. The molecular formula is C9H15NO. The number of rotatable bonds is 0. The highest BCUT2D eigenvalue weighted by Crippen LogP contribution is 2.37. The minimum absolute atomic E-state index is 0.263. The summed E-state index contributed by atoms with van der Waals surface area (Å²) in [5.41, 5.74) is 0. The van der Waals surface area contributed by atoms with Gasteiger partial charge in [-0.3, -0.25) is 4.79 Å². The molecule has 0 bridgehead atoms. The zero-order valence-corrected chi connectivity index (χ0v) is 7.05. The van der Waals surface area contributed by atoms with Crippen molar-refractivity contribution in [3.8, 4) is 0 Å². The molecule has 2 heteroatoms. The van der Waals surface area contributed by atoms with Gasteiger partial charge in [0.2, 0.25) is 5.91 Å². The number of nitrogens with zero attached hydrogens (tertiary/aromatic N) is 1. The normalized spacial score (nSPS) is 35.9. The lowest BCUT2D eigenvalue weighted by molar-refractivity contribution is -0.128. The van der Waals surface area contributed by atoms with Gasteiger partial charge in [-0.25, -0.2) is 0 Å². The quantitative estimate of drug-likeness (QED) is 0.513. The molecule has 0 aromatic carbocycles. The molecule has 1 aliphatic carbocycles. The summed E-state index contributed by atoms with van der Waals surface area (Å²) in [5.74, 6) is 1.96. The highest BCUT2D eigenvalue weighted by molar-refractivity contribution is 5.73. The lowest BCUT2D eigenvalue weighted by atomic mass is 10.0. The topological polar surface area (TPSA) is 20.3 Å². The molecule has 2 rings (SSSR count). The second kappa shape index (κ2) is 2.50. The standard InChI is InChI=1S/C9H15NO/c1-7(11)10-5-8-3-2-4-9(8)6-10/h8-9H,2-6H2,1H3. The Kier molecular flexibility index (Phi) is 1.63. The maximum Gasteiger partial charge on any atom is 0.219 e. The third-order valence-electron chi connectivity index (χ3n) is 3.17. The van der Waals surface area contributed by atoms with E-state index in [2.05, 4.69) is 0 Å². The van der Waals surface area contributed by atoms with E-state index in [-0.39, 0.29) is 5.91 Å². The summed E-state index contributed by atoms with van der Waals surface area (Å²) in [4.78, 5) is 13.0. The third-order valence-corrected chi connectivity index (χ3v) is 3.17. The van der Waals surface area contributed by atoms with Crippen LogP contribution in [-0.2, 0) is 4.79 Å². The van der Waals surface area contributed by atoms with Crippen molar-refractivity contribution in [1.82, 2.24) is 4.90 Å². The number of fused-ring (bicyclic) bond motifs is 1. The van der Waals surface area contributed by atoms with E-state index in [1.807, 2.05) is 4.90 Å². The van der Waals surface area contributed by atoms with Crippen molar-refractivity contribution in [2.75, 3.05) is 13.1 Å². The highest BCUT2D eigenvalue weighted by atomic mass is 16.2. The molecule has 1 amide bonds. The zero-order valence-electron chi connectivity index (χ0n) is 7.05. The maximum absolute atomic E-state index is 11.0. The van der Waals surface area contributed by atoms with E-state index in [9.17, 15) is 4.79 Å². The maximum atomic E-state index is 11.0. The van der Waals surface area contributed by atoms with Crippen LogP contribution in [0.4, 0.5) is 0 Å². The number of carbonyl (C=O) groups is 1. The van der Waals surface area contributed by atoms with Gasteiger partial charge in [-0.05, 0) is 24.7 Å². The molecule has 0 N–H and O–H groups in total. The molecular weight excluding hydrogens is 138 g/mol. The lowest BCUT2D eigenvalue weighted by Gasteiger charge is -2.13. The van der Waals surface area contributed by atoms with E-state index in [1.54, 1.807) is 6.92 Å². The predicted molar refractivity (Wildman–Crippen MR) is 43.1 cm³/mol. The SMILES string of the molecule is CC(=O)N1CC2CCCC2C1. The molecule has 0 aromatic rings. The molecule has 0 spiro atoms. The minimum Gasteiger partial charge on any atom is -0.342 e. The molecule has 0 aromatic heterocycles. The van der Waals surface area contributed by atoms with Crippen LogP contribution in [-0.4, -0.2) is 23.9 Å². The van der Waals surface area contributed by atoms with E-state index in [4.69, 9.17) is 0 Å². The molecule has 2 aliphatic rings. The van der Waals surface area contributed by atoms with Crippen molar-refractivity contribution >= 4 is 5.91 Å². The van der Waals surface area contributed by atoms with E-state index >= 15 is 0 Å². The van der Waals surface area contributed by atoms with Gasteiger partial charge in [0.15, 0.2) is 0 Å². The Morgan fingerprint density at radius 3 is 2.27 bits per heavy atom. The summed E-state index contributed by atoms with van der Waals surface area (Å²) in [6.07, 6.45) is 4.10. The first-order valence-electron chi connectivity index (χ1n) is 4.53. The molecule has 11 heavy (non-hydrogen) atoms. The average molecular weight is 153 g/mol. The van der Waals surface area contributed by atoms with Gasteiger partial charge in [0.25, 0.3) is 0 Å². The van der Waals surface area contributed by atoms with Gasteiger partial charge >= 0.3 is 0 Å². The third kappa shape index (κ3) is 1.15. The van der Waals surface area contributed by atoms with Crippen molar-refractivity contribution in [2.45, 2.75) is 26.2 Å². The second-order valence-corrected chi connectivity index (χ2v) is 3.88. The molecule has 1 heterocycles. The van der Waals surface area contributed by atoms with E-state index in [0.29, 0.717) is 0 Å². The summed E-state index contributed by atoms with van der Waals surface area (Å²) >= 11 is 0. The van der Waals surface area contributed by atoms with E-state index in [0.717, 1.165) is 24.9 Å². The molecule has 62 valence electrons. The van der Waals surface area contributed by atoms with Crippen LogP contribution in [0.3, 0.4) is 0 Å². The van der Waals surface area contributed by atoms with Crippen molar-refractivity contribution in [1.29, 1.82) is 0 Å². The van der Waals surface area contributed by atoms with Crippen LogP contribution in [0.2, 0.25) is 0 Å². The summed E-state index contributed by atoms with van der Waals surface area (Å²) in [6, 6.07) is 0. The van der Waals surface area contributed by atoms with Gasteiger partial charge < -0.3 is 4.90 Å². The van der Waals surface area contributed by atoms with E-state index < -0.39 is 0 Å². The molecule has 1 aliphatic heterocycles. The Balaban J connectivity index is 1.99. The number of hydrogen-bond donors (Lipinski definition) is 0. The van der Waals surface area contributed by atoms with Crippen molar-refractivity contribution in [2.24, 2.45) is 11.8 Å². The molecule has 2 nitrogen and oxygen atoms in total. The molecule has 1 saturated heterocycles. The summed E-state index contributed by atoms with van der Waals surface area (Å²) in [5, 5.41) is 0. The van der Waals surface area contributed by atoms with Gasteiger partial charge in [0.05, 0.1) is 0 Å². The van der Waals surface area contributed by atoms with Crippen LogP contribution in [0.15, 0.2) is 0 Å². The Labute approximate surface area is 67.6 Å². The summed E-state index contributed by atoms with van der Waals surface area (Å²) in [7, 11) is 0. The largest absolute Gasteiger partial charge is 0.342 e. The Bertz CT molecular complexity index is 166. The highest BCUT2D eigenvalue weighted by Gasteiger charge is 2.36. The van der Waals surface area contributed by atoms with Gasteiger partial charge in [0, 0.05) is 20.0 Å². The Morgan fingerprint density at radius 2 is 1.82 bits per heavy atom. The lowest BCUT2D eigenvalue weighted by Crippen LogP contribution is -2.26. The monoisotopic (exact) mass is 153 g/mol. The molecule has 2 fully saturated rings. The van der Waals surface area contributed by atoms with Gasteiger partial charge in [-0.15, -0.1) is 0 Å². The van der Waals surface area contributed by atoms with Gasteiger partial charge in [-0.2, -0.15) is 0 Å². The van der Waals surface area contributed by atoms with Crippen molar-refractivity contribution in [3.05, 3.63) is 0 Å². The Morgan fingerprint density at radius 1 is 1.27 bits per heavy atom. The first-order chi connectivity index (χ1) is 5.27. The molecule has 0 radical (unpaired) electrons. The van der Waals surface area contributed by atoms with Gasteiger partial charge in [-0.1, -0.05) is 6.42 Å².